The van der Waals surface area contributed by atoms with Crippen molar-refractivity contribution in [3.05, 3.63) is 0 Å². The zero-order valence-electron chi connectivity index (χ0n) is 12.7. The van der Waals surface area contributed by atoms with Crippen molar-refractivity contribution in [3.8, 4) is 0 Å². The molecule has 0 amide bonds. The molecule has 1 unspecified atom stereocenters. The third-order valence-electron chi connectivity index (χ3n) is 4.68. The maximum atomic E-state index is 5.90. The summed E-state index contributed by atoms with van der Waals surface area (Å²) in [6, 6.07) is 0. The normalized spacial score (nSPS) is 29.5. The fourth-order valence-corrected chi connectivity index (χ4v) is 7.17. The Hall–Kier alpha value is 0.0169. The standard InChI is InChI=1S/C13H29N3O2Si/c1-15-9-4-5-13(19(15,17-2)18-3)6-10-16-11-7-14-8-12-16/h13-14H,4-12H2,1-3H3. The highest BCUT2D eigenvalue weighted by atomic mass is 28.4. The van der Waals surface area contributed by atoms with E-state index in [0.717, 1.165) is 19.6 Å². The van der Waals surface area contributed by atoms with Crippen molar-refractivity contribution in [1.29, 1.82) is 0 Å². The SMILES string of the molecule is CO[Si]1(OC)C(CCN2CCNCC2)CCCN1C. The molecule has 2 aliphatic rings. The van der Waals surface area contributed by atoms with Gasteiger partial charge in [0, 0.05) is 45.9 Å². The minimum absolute atomic E-state index is 0.594. The summed E-state index contributed by atoms with van der Waals surface area (Å²) >= 11 is 0. The van der Waals surface area contributed by atoms with Gasteiger partial charge in [-0.3, -0.25) is 4.57 Å². The maximum absolute atomic E-state index is 5.90. The Labute approximate surface area is 118 Å². The van der Waals surface area contributed by atoms with E-state index < -0.39 is 8.72 Å². The van der Waals surface area contributed by atoms with Crippen molar-refractivity contribution in [2.45, 2.75) is 24.8 Å². The van der Waals surface area contributed by atoms with Crippen LogP contribution in [0, 0.1) is 0 Å². The zero-order chi connectivity index (χ0) is 13.7. The molecular formula is C13H29N3O2Si. The number of piperazine rings is 1. The lowest BCUT2D eigenvalue weighted by Crippen LogP contribution is -2.62. The van der Waals surface area contributed by atoms with Gasteiger partial charge in [-0.15, -0.1) is 0 Å². The molecule has 1 N–H and O–H groups in total. The lowest BCUT2D eigenvalue weighted by molar-refractivity contribution is 0.135. The number of rotatable bonds is 5. The first-order valence-electron chi connectivity index (χ1n) is 7.47. The molecule has 0 spiro atoms. The molecule has 2 aliphatic heterocycles. The van der Waals surface area contributed by atoms with E-state index in [1.165, 1.54) is 38.9 Å². The van der Waals surface area contributed by atoms with E-state index in [1.807, 2.05) is 14.2 Å². The predicted octanol–water partition coefficient (Wildman–Crippen LogP) is 0.609. The summed E-state index contributed by atoms with van der Waals surface area (Å²) < 4.78 is 14.2. The monoisotopic (exact) mass is 287 g/mol. The number of nitrogens with zero attached hydrogens (tertiary/aromatic N) is 2. The second-order valence-electron chi connectivity index (χ2n) is 5.68. The van der Waals surface area contributed by atoms with Crippen LogP contribution in [0.15, 0.2) is 0 Å². The van der Waals surface area contributed by atoms with Crippen LogP contribution in [-0.4, -0.2) is 78.7 Å². The number of hydrogen-bond acceptors (Lipinski definition) is 5. The van der Waals surface area contributed by atoms with Crippen LogP contribution in [0.2, 0.25) is 5.54 Å². The number of nitrogens with one attached hydrogen (secondary N) is 1. The van der Waals surface area contributed by atoms with Crippen LogP contribution in [0.3, 0.4) is 0 Å². The van der Waals surface area contributed by atoms with Gasteiger partial charge < -0.3 is 19.1 Å². The van der Waals surface area contributed by atoms with E-state index >= 15 is 0 Å². The van der Waals surface area contributed by atoms with E-state index in [2.05, 4.69) is 21.8 Å². The smallest absolute Gasteiger partial charge is 0.386 e. The van der Waals surface area contributed by atoms with Crippen molar-refractivity contribution in [2.24, 2.45) is 0 Å². The highest BCUT2D eigenvalue weighted by molar-refractivity contribution is 6.66. The summed E-state index contributed by atoms with van der Waals surface area (Å²) in [6.07, 6.45) is 3.73. The second kappa shape index (κ2) is 7.15. The highest BCUT2D eigenvalue weighted by Gasteiger charge is 2.51. The molecule has 2 heterocycles. The van der Waals surface area contributed by atoms with Crippen molar-refractivity contribution in [2.75, 3.05) is 60.5 Å². The number of hydrogen-bond donors (Lipinski definition) is 1. The largest absolute Gasteiger partial charge is 0.430 e. The molecule has 2 fully saturated rings. The molecule has 0 bridgehead atoms. The summed E-state index contributed by atoms with van der Waals surface area (Å²) in [5.41, 5.74) is 0.594. The Morgan fingerprint density at radius 3 is 2.47 bits per heavy atom. The van der Waals surface area contributed by atoms with Gasteiger partial charge in [-0.25, -0.2) is 0 Å². The van der Waals surface area contributed by atoms with E-state index in [9.17, 15) is 0 Å². The van der Waals surface area contributed by atoms with Gasteiger partial charge in [0.05, 0.1) is 0 Å². The van der Waals surface area contributed by atoms with Crippen LogP contribution in [0.25, 0.3) is 0 Å². The van der Waals surface area contributed by atoms with Gasteiger partial charge in [0.2, 0.25) is 0 Å². The molecule has 2 saturated heterocycles. The van der Waals surface area contributed by atoms with Crippen LogP contribution in [0.5, 0.6) is 0 Å². The molecular weight excluding hydrogens is 258 g/mol. The molecule has 0 radical (unpaired) electrons. The van der Waals surface area contributed by atoms with Gasteiger partial charge in [-0.1, -0.05) is 0 Å². The van der Waals surface area contributed by atoms with Gasteiger partial charge >= 0.3 is 8.72 Å². The minimum atomic E-state index is -2.16. The Morgan fingerprint density at radius 2 is 1.84 bits per heavy atom. The topological polar surface area (TPSA) is 37.0 Å². The quantitative estimate of drug-likeness (QED) is 0.750. The average Bonchev–Trinajstić information content (AvgIpc) is 2.47. The van der Waals surface area contributed by atoms with Crippen molar-refractivity contribution in [1.82, 2.24) is 14.8 Å². The summed E-state index contributed by atoms with van der Waals surface area (Å²) in [7, 11) is 3.66. The summed E-state index contributed by atoms with van der Waals surface area (Å²) in [4.78, 5) is 2.57. The van der Waals surface area contributed by atoms with Gasteiger partial charge in [-0.05, 0) is 39.4 Å². The molecule has 112 valence electrons. The first-order valence-corrected chi connectivity index (χ1v) is 9.31. The van der Waals surface area contributed by atoms with Gasteiger partial charge in [0.1, 0.15) is 0 Å². The second-order valence-corrected chi connectivity index (χ2v) is 9.34. The fourth-order valence-electron chi connectivity index (χ4n) is 3.55. The molecule has 6 heteroatoms. The molecule has 2 rings (SSSR count). The van der Waals surface area contributed by atoms with Crippen LogP contribution in [0.4, 0.5) is 0 Å². The van der Waals surface area contributed by atoms with Gasteiger partial charge in [0.25, 0.3) is 0 Å². The lowest BCUT2D eigenvalue weighted by atomic mass is 10.1. The molecule has 0 aromatic rings. The van der Waals surface area contributed by atoms with Gasteiger partial charge in [0.15, 0.2) is 0 Å². The van der Waals surface area contributed by atoms with Crippen molar-refractivity contribution in [3.63, 3.8) is 0 Å². The van der Waals surface area contributed by atoms with E-state index in [-0.39, 0.29) is 0 Å². The third kappa shape index (κ3) is 3.37. The van der Waals surface area contributed by atoms with Crippen LogP contribution in [0.1, 0.15) is 19.3 Å². The Kier molecular flexibility index (Phi) is 5.80. The summed E-state index contributed by atoms with van der Waals surface area (Å²) in [5, 5.41) is 3.41. The molecule has 19 heavy (non-hydrogen) atoms. The van der Waals surface area contributed by atoms with Crippen LogP contribution in [-0.2, 0) is 8.85 Å². The third-order valence-corrected chi connectivity index (χ3v) is 8.75. The van der Waals surface area contributed by atoms with E-state index in [4.69, 9.17) is 8.85 Å². The highest BCUT2D eigenvalue weighted by Crippen LogP contribution is 2.37. The molecule has 0 aromatic carbocycles. The molecule has 5 nitrogen and oxygen atoms in total. The molecule has 0 aromatic heterocycles. The van der Waals surface area contributed by atoms with Crippen molar-refractivity contribution < 1.29 is 8.85 Å². The summed E-state index contributed by atoms with van der Waals surface area (Å²) in [5.74, 6) is 0. The van der Waals surface area contributed by atoms with E-state index in [0.29, 0.717) is 5.54 Å². The minimum Gasteiger partial charge on any atom is -0.386 e. The lowest BCUT2D eigenvalue weighted by Gasteiger charge is -2.45. The van der Waals surface area contributed by atoms with Gasteiger partial charge in [-0.2, -0.15) is 0 Å². The first-order chi connectivity index (χ1) is 9.23. The van der Waals surface area contributed by atoms with Crippen molar-refractivity contribution >= 4 is 8.72 Å². The van der Waals surface area contributed by atoms with Crippen LogP contribution >= 0.6 is 0 Å². The first kappa shape index (κ1) is 15.4. The molecule has 1 atom stereocenters. The Bertz CT molecular complexity index is 271. The Morgan fingerprint density at radius 1 is 1.16 bits per heavy atom. The van der Waals surface area contributed by atoms with E-state index in [1.54, 1.807) is 0 Å². The predicted molar refractivity (Wildman–Crippen MR) is 79.3 cm³/mol. The summed E-state index contributed by atoms with van der Waals surface area (Å²) in [6.45, 7) is 6.90. The maximum Gasteiger partial charge on any atom is 0.430 e. The zero-order valence-corrected chi connectivity index (χ0v) is 13.7. The van der Waals surface area contributed by atoms with Crippen LogP contribution < -0.4 is 5.32 Å². The molecule has 0 saturated carbocycles. The average molecular weight is 287 g/mol. The Balaban J connectivity index is 1.92. The molecule has 0 aliphatic carbocycles. The fraction of sp³-hybridized carbons (Fsp3) is 1.00.